The molecule has 0 saturated heterocycles. The van der Waals surface area contributed by atoms with E-state index >= 15 is 0 Å². The number of rotatable bonds is 7. The second-order valence-corrected chi connectivity index (χ2v) is 4.41. The summed E-state index contributed by atoms with van der Waals surface area (Å²) in [6.45, 7) is 9.63. The summed E-state index contributed by atoms with van der Waals surface area (Å²) >= 11 is 0. The summed E-state index contributed by atoms with van der Waals surface area (Å²) in [6, 6.07) is 0.138. The first kappa shape index (κ1) is 15.2. The van der Waals surface area contributed by atoms with E-state index in [2.05, 4.69) is 9.97 Å². The lowest BCUT2D eigenvalue weighted by atomic mass is 10.3. The molecule has 0 spiro atoms. The lowest BCUT2D eigenvalue weighted by molar-refractivity contribution is 0.110. The highest BCUT2D eigenvalue weighted by molar-refractivity contribution is 5.81. The maximum Gasteiger partial charge on any atom is 0.323 e. The summed E-state index contributed by atoms with van der Waals surface area (Å²) in [5, 5.41) is 0. The van der Waals surface area contributed by atoms with Crippen molar-refractivity contribution in [3.8, 4) is 17.8 Å². The Hall–Kier alpha value is -1.85. The van der Waals surface area contributed by atoms with Crippen LogP contribution in [0.25, 0.3) is 0 Å². The first-order chi connectivity index (χ1) is 8.97. The fraction of sp³-hybridized carbons (Fsp3) is 0.615. The van der Waals surface area contributed by atoms with Gasteiger partial charge < -0.3 is 14.2 Å². The van der Waals surface area contributed by atoms with Crippen LogP contribution in [0.2, 0.25) is 0 Å². The number of ether oxygens (including phenoxy) is 3. The normalized spacial score (nSPS) is 10.7. The van der Waals surface area contributed by atoms with Crippen molar-refractivity contribution < 1.29 is 19.0 Å². The number of aromatic nitrogens is 2. The molecule has 0 aliphatic carbocycles. The Kier molecular flexibility index (Phi) is 5.54. The largest absolute Gasteiger partial charge is 0.474 e. The zero-order chi connectivity index (χ0) is 14.4. The Balaban J connectivity index is 3.24. The highest BCUT2D eigenvalue weighted by atomic mass is 16.5. The van der Waals surface area contributed by atoms with E-state index in [1.165, 1.54) is 0 Å². The average Bonchev–Trinajstić information content (AvgIpc) is 2.27. The molecule has 0 aromatic carbocycles. The summed E-state index contributed by atoms with van der Waals surface area (Å²) in [7, 11) is 0. The maximum absolute atomic E-state index is 11.2. The van der Waals surface area contributed by atoms with Crippen LogP contribution in [0.15, 0.2) is 0 Å². The first-order valence-corrected chi connectivity index (χ1v) is 6.31. The van der Waals surface area contributed by atoms with E-state index in [-0.39, 0.29) is 35.5 Å². The third-order valence-electron chi connectivity index (χ3n) is 1.94. The van der Waals surface area contributed by atoms with Gasteiger partial charge in [0.05, 0.1) is 18.8 Å². The topological polar surface area (TPSA) is 70.5 Å². The molecule has 0 saturated carbocycles. The zero-order valence-corrected chi connectivity index (χ0v) is 12.0. The molecule has 0 radical (unpaired) electrons. The van der Waals surface area contributed by atoms with E-state index in [4.69, 9.17) is 14.2 Å². The van der Waals surface area contributed by atoms with Crippen molar-refractivity contribution >= 4 is 6.29 Å². The standard InChI is InChI=1S/C13H20N2O4/c1-6-17-13-14-11(18-8(2)3)10(7-16)12(15-13)19-9(4)5/h7-9H,6H2,1-5H3. The van der Waals surface area contributed by atoms with E-state index < -0.39 is 0 Å². The van der Waals surface area contributed by atoms with Gasteiger partial charge in [-0.15, -0.1) is 0 Å². The van der Waals surface area contributed by atoms with Gasteiger partial charge >= 0.3 is 6.01 Å². The highest BCUT2D eigenvalue weighted by Gasteiger charge is 2.19. The van der Waals surface area contributed by atoms with Crippen LogP contribution >= 0.6 is 0 Å². The van der Waals surface area contributed by atoms with Crippen LogP contribution in [0, 0.1) is 0 Å². The van der Waals surface area contributed by atoms with Crippen LogP contribution < -0.4 is 14.2 Å². The molecule has 1 aromatic heterocycles. The Morgan fingerprint density at radius 3 is 1.84 bits per heavy atom. The summed E-state index contributed by atoms with van der Waals surface area (Å²) in [6.07, 6.45) is 0.399. The molecule has 0 unspecified atom stereocenters. The van der Waals surface area contributed by atoms with Gasteiger partial charge in [-0.1, -0.05) is 0 Å². The molecule has 1 heterocycles. The molecule has 6 heteroatoms. The van der Waals surface area contributed by atoms with E-state index in [9.17, 15) is 4.79 Å². The summed E-state index contributed by atoms with van der Waals surface area (Å²) < 4.78 is 16.3. The minimum Gasteiger partial charge on any atom is -0.474 e. The van der Waals surface area contributed by atoms with Crippen molar-refractivity contribution in [1.82, 2.24) is 9.97 Å². The van der Waals surface area contributed by atoms with Crippen LogP contribution in [0.1, 0.15) is 45.0 Å². The molecule has 6 nitrogen and oxygen atoms in total. The molecular formula is C13H20N2O4. The number of hydrogen-bond acceptors (Lipinski definition) is 6. The van der Waals surface area contributed by atoms with Gasteiger partial charge in [0.25, 0.3) is 0 Å². The molecule has 0 atom stereocenters. The van der Waals surface area contributed by atoms with E-state index in [1.807, 2.05) is 34.6 Å². The Morgan fingerprint density at radius 2 is 1.53 bits per heavy atom. The molecule has 19 heavy (non-hydrogen) atoms. The van der Waals surface area contributed by atoms with Crippen molar-refractivity contribution in [3.63, 3.8) is 0 Å². The summed E-state index contributed by atoms with van der Waals surface area (Å²) in [5.41, 5.74) is 0.200. The van der Waals surface area contributed by atoms with Gasteiger partial charge in [-0.25, -0.2) is 0 Å². The van der Waals surface area contributed by atoms with Crippen molar-refractivity contribution in [1.29, 1.82) is 0 Å². The molecule has 0 N–H and O–H groups in total. The Labute approximate surface area is 113 Å². The predicted molar refractivity (Wildman–Crippen MR) is 70.1 cm³/mol. The molecule has 0 aliphatic rings. The molecule has 0 amide bonds. The average molecular weight is 268 g/mol. The summed E-state index contributed by atoms with van der Waals surface area (Å²) in [4.78, 5) is 19.3. The first-order valence-electron chi connectivity index (χ1n) is 6.31. The van der Waals surface area contributed by atoms with Gasteiger partial charge in [0.1, 0.15) is 5.56 Å². The fourth-order valence-electron chi connectivity index (χ4n) is 1.33. The van der Waals surface area contributed by atoms with Gasteiger partial charge in [-0.2, -0.15) is 9.97 Å². The number of carbonyl (C=O) groups excluding carboxylic acids is 1. The number of aldehydes is 1. The van der Waals surface area contributed by atoms with Gasteiger partial charge in [0.15, 0.2) is 6.29 Å². The van der Waals surface area contributed by atoms with Gasteiger partial charge in [0, 0.05) is 0 Å². The van der Waals surface area contributed by atoms with Crippen molar-refractivity contribution in [3.05, 3.63) is 5.56 Å². The molecule has 1 rings (SSSR count). The maximum atomic E-state index is 11.2. The number of carbonyl (C=O) groups is 1. The minimum atomic E-state index is -0.116. The van der Waals surface area contributed by atoms with E-state index in [1.54, 1.807) is 0 Å². The number of hydrogen-bond donors (Lipinski definition) is 0. The highest BCUT2D eigenvalue weighted by Crippen LogP contribution is 2.27. The van der Waals surface area contributed by atoms with E-state index in [0.717, 1.165) is 0 Å². The molecule has 0 aliphatic heterocycles. The van der Waals surface area contributed by atoms with Crippen LogP contribution in [-0.4, -0.2) is 35.1 Å². The molecule has 106 valence electrons. The van der Waals surface area contributed by atoms with Gasteiger partial charge in [0.2, 0.25) is 11.8 Å². The SMILES string of the molecule is CCOc1nc(OC(C)C)c(C=O)c(OC(C)C)n1. The third-order valence-corrected chi connectivity index (χ3v) is 1.94. The van der Waals surface area contributed by atoms with Crippen molar-refractivity contribution in [2.75, 3.05) is 6.61 Å². The fourth-order valence-corrected chi connectivity index (χ4v) is 1.33. The molecule has 0 fully saturated rings. The monoisotopic (exact) mass is 268 g/mol. The smallest absolute Gasteiger partial charge is 0.323 e. The second kappa shape index (κ2) is 6.92. The quantitative estimate of drug-likeness (QED) is 0.706. The van der Waals surface area contributed by atoms with Crippen LogP contribution in [0.5, 0.6) is 17.8 Å². The minimum absolute atomic E-state index is 0.116. The van der Waals surface area contributed by atoms with Gasteiger partial charge in [-0.05, 0) is 34.6 Å². The lowest BCUT2D eigenvalue weighted by Gasteiger charge is -2.16. The number of nitrogens with zero attached hydrogens (tertiary/aromatic N) is 2. The zero-order valence-electron chi connectivity index (χ0n) is 12.0. The summed E-state index contributed by atoms with van der Waals surface area (Å²) in [5.74, 6) is 0.359. The van der Waals surface area contributed by atoms with Crippen LogP contribution in [-0.2, 0) is 0 Å². The molecular weight excluding hydrogens is 248 g/mol. The second-order valence-electron chi connectivity index (χ2n) is 4.41. The van der Waals surface area contributed by atoms with Gasteiger partial charge in [-0.3, -0.25) is 4.79 Å². The van der Waals surface area contributed by atoms with E-state index in [0.29, 0.717) is 12.9 Å². The predicted octanol–water partition coefficient (Wildman–Crippen LogP) is 2.26. The van der Waals surface area contributed by atoms with Crippen LogP contribution in [0.4, 0.5) is 0 Å². The van der Waals surface area contributed by atoms with Crippen molar-refractivity contribution in [2.45, 2.75) is 46.8 Å². The molecule has 0 bridgehead atoms. The van der Waals surface area contributed by atoms with Crippen LogP contribution in [0.3, 0.4) is 0 Å². The molecule has 1 aromatic rings. The third kappa shape index (κ3) is 4.39. The van der Waals surface area contributed by atoms with Crippen molar-refractivity contribution in [2.24, 2.45) is 0 Å². The lowest BCUT2D eigenvalue weighted by Crippen LogP contribution is -2.14. The Bertz CT molecular complexity index is 402. The Morgan fingerprint density at radius 1 is 1.05 bits per heavy atom.